The summed E-state index contributed by atoms with van der Waals surface area (Å²) in [5, 5.41) is 11.6. The number of nitriles is 1. The summed E-state index contributed by atoms with van der Waals surface area (Å²) < 4.78 is 1.88. The number of amides is 1. The van der Waals surface area contributed by atoms with Crippen LogP contribution in [0.25, 0.3) is 0 Å². The minimum Gasteiger partial charge on any atom is -0.326 e. The van der Waals surface area contributed by atoms with E-state index in [4.69, 9.17) is 5.26 Å². The molecule has 1 atom stereocenters. The Kier molecular flexibility index (Phi) is 3.44. The van der Waals surface area contributed by atoms with Crippen LogP contribution in [0.5, 0.6) is 0 Å². The van der Waals surface area contributed by atoms with Crippen molar-refractivity contribution in [2.24, 2.45) is 0 Å². The lowest BCUT2D eigenvalue weighted by molar-refractivity contribution is -0.105. The van der Waals surface area contributed by atoms with E-state index in [2.05, 4.69) is 11.4 Å². The van der Waals surface area contributed by atoms with Crippen LogP contribution < -0.4 is 5.32 Å². The summed E-state index contributed by atoms with van der Waals surface area (Å²) in [4.78, 5) is 10.6. The van der Waals surface area contributed by atoms with Gasteiger partial charge in [0.1, 0.15) is 11.9 Å². The lowest BCUT2D eigenvalue weighted by atomic mass is 10.1. The van der Waals surface area contributed by atoms with Crippen molar-refractivity contribution in [3.8, 4) is 6.07 Å². The maximum atomic E-state index is 10.6. The molecule has 2 aromatic rings. The number of hydrogen-bond donors (Lipinski definition) is 1. The standard InChI is InChI=1S/C14H13N3O/c1-11(12-5-3-2-4-6-12)17-8-7-13(9-15)14(17)16-10-18/h2-8,10-11H,1H3,(H,16,18). The molecule has 2 rings (SSSR count). The second-order valence-corrected chi connectivity index (χ2v) is 3.95. The van der Waals surface area contributed by atoms with Gasteiger partial charge >= 0.3 is 0 Å². The van der Waals surface area contributed by atoms with Gasteiger partial charge in [0.2, 0.25) is 6.41 Å². The zero-order valence-corrected chi connectivity index (χ0v) is 10.00. The lowest BCUT2D eigenvalue weighted by Crippen LogP contribution is -2.10. The Morgan fingerprint density at radius 2 is 2.06 bits per heavy atom. The second-order valence-electron chi connectivity index (χ2n) is 3.95. The minimum absolute atomic E-state index is 0.0516. The average molecular weight is 239 g/mol. The van der Waals surface area contributed by atoms with Gasteiger partial charge in [0, 0.05) is 6.20 Å². The highest BCUT2D eigenvalue weighted by molar-refractivity contribution is 5.73. The first-order valence-corrected chi connectivity index (χ1v) is 5.64. The van der Waals surface area contributed by atoms with Gasteiger partial charge in [-0.1, -0.05) is 30.3 Å². The number of aromatic nitrogens is 1. The van der Waals surface area contributed by atoms with E-state index in [1.807, 2.05) is 48.0 Å². The molecule has 0 radical (unpaired) electrons. The summed E-state index contributed by atoms with van der Waals surface area (Å²) in [5.41, 5.74) is 1.58. The number of nitrogens with zero attached hydrogens (tertiary/aromatic N) is 2. The topological polar surface area (TPSA) is 57.8 Å². The highest BCUT2D eigenvalue weighted by Gasteiger charge is 2.14. The van der Waals surface area contributed by atoms with Crippen LogP contribution in [0, 0.1) is 11.3 Å². The molecule has 0 aliphatic carbocycles. The molecule has 1 N–H and O–H groups in total. The fourth-order valence-electron chi connectivity index (χ4n) is 1.96. The van der Waals surface area contributed by atoms with E-state index in [9.17, 15) is 4.79 Å². The molecule has 0 fully saturated rings. The molecular formula is C14H13N3O. The number of nitrogens with one attached hydrogen (secondary N) is 1. The number of carbonyl (C=O) groups is 1. The van der Waals surface area contributed by atoms with Gasteiger partial charge in [-0.15, -0.1) is 0 Å². The Labute approximate surface area is 105 Å². The fraction of sp³-hybridized carbons (Fsp3) is 0.143. The van der Waals surface area contributed by atoms with Crippen molar-refractivity contribution in [2.45, 2.75) is 13.0 Å². The maximum absolute atomic E-state index is 10.6. The molecule has 4 heteroatoms. The summed E-state index contributed by atoms with van der Waals surface area (Å²) >= 11 is 0. The van der Waals surface area contributed by atoms with Gasteiger partial charge in [0.25, 0.3) is 0 Å². The van der Waals surface area contributed by atoms with E-state index in [0.717, 1.165) is 5.56 Å². The van der Waals surface area contributed by atoms with Crippen LogP contribution in [0.4, 0.5) is 5.82 Å². The largest absolute Gasteiger partial charge is 0.326 e. The van der Waals surface area contributed by atoms with E-state index in [0.29, 0.717) is 17.8 Å². The molecule has 0 saturated carbocycles. The maximum Gasteiger partial charge on any atom is 0.212 e. The molecule has 90 valence electrons. The van der Waals surface area contributed by atoms with Gasteiger partial charge in [0.15, 0.2) is 0 Å². The Hall–Kier alpha value is -2.54. The number of benzene rings is 1. The predicted octanol–water partition coefficient (Wildman–Crippen LogP) is 2.54. The Bertz CT molecular complexity index is 581. The smallest absolute Gasteiger partial charge is 0.212 e. The monoisotopic (exact) mass is 239 g/mol. The summed E-state index contributed by atoms with van der Waals surface area (Å²) in [6, 6.07) is 13.7. The molecule has 1 amide bonds. The van der Waals surface area contributed by atoms with Crippen molar-refractivity contribution in [1.29, 1.82) is 5.26 Å². The van der Waals surface area contributed by atoms with Gasteiger partial charge in [-0.3, -0.25) is 4.79 Å². The number of anilines is 1. The van der Waals surface area contributed by atoms with Crippen LogP contribution >= 0.6 is 0 Å². The van der Waals surface area contributed by atoms with E-state index >= 15 is 0 Å². The van der Waals surface area contributed by atoms with Crippen molar-refractivity contribution in [3.05, 3.63) is 53.7 Å². The van der Waals surface area contributed by atoms with E-state index < -0.39 is 0 Å². The molecule has 1 heterocycles. The number of rotatable bonds is 4. The summed E-state index contributed by atoms with van der Waals surface area (Å²) in [6.45, 7) is 2.02. The van der Waals surface area contributed by atoms with Crippen LogP contribution in [0.3, 0.4) is 0 Å². The molecule has 4 nitrogen and oxygen atoms in total. The third-order valence-corrected chi connectivity index (χ3v) is 2.93. The first-order valence-electron chi connectivity index (χ1n) is 5.64. The molecular weight excluding hydrogens is 226 g/mol. The fourth-order valence-corrected chi connectivity index (χ4v) is 1.96. The molecule has 0 bridgehead atoms. The highest BCUT2D eigenvalue weighted by atomic mass is 16.1. The van der Waals surface area contributed by atoms with Crippen LogP contribution in [-0.2, 0) is 4.79 Å². The van der Waals surface area contributed by atoms with Gasteiger partial charge in [0.05, 0.1) is 11.6 Å². The van der Waals surface area contributed by atoms with E-state index in [-0.39, 0.29) is 6.04 Å². The first-order chi connectivity index (χ1) is 8.77. The van der Waals surface area contributed by atoms with Gasteiger partial charge in [-0.2, -0.15) is 5.26 Å². The minimum atomic E-state index is 0.0516. The molecule has 1 aromatic carbocycles. The van der Waals surface area contributed by atoms with Crippen molar-refractivity contribution in [3.63, 3.8) is 0 Å². The molecule has 0 aliphatic rings. The quantitative estimate of drug-likeness (QED) is 0.833. The number of hydrogen-bond acceptors (Lipinski definition) is 2. The van der Waals surface area contributed by atoms with Crippen molar-refractivity contribution in [1.82, 2.24) is 4.57 Å². The Balaban J connectivity index is 2.42. The molecule has 0 spiro atoms. The third kappa shape index (κ3) is 2.11. The third-order valence-electron chi connectivity index (χ3n) is 2.93. The summed E-state index contributed by atoms with van der Waals surface area (Å²) in [7, 11) is 0. The van der Waals surface area contributed by atoms with Crippen molar-refractivity contribution < 1.29 is 4.79 Å². The molecule has 0 saturated heterocycles. The highest BCUT2D eigenvalue weighted by Crippen LogP contribution is 2.25. The van der Waals surface area contributed by atoms with Crippen molar-refractivity contribution in [2.75, 3.05) is 5.32 Å². The van der Waals surface area contributed by atoms with Gasteiger partial charge in [-0.25, -0.2) is 0 Å². The van der Waals surface area contributed by atoms with Crippen LogP contribution in [-0.4, -0.2) is 11.0 Å². The Morgan fingerprint density at radius 1 is 1.33 bits per heavy atom. The molecule has 1 unspecified atom stereocenters. The average Bonchev–Trinajstić information content (AvgIpc) is 2.82. The number of carbonyl (C=O) groups excluding carboxylic acids is 1. The predicted molar refractivity (Wildman–Crippen MR) is 69.1 cm³/mol. The Morgan fingerprint density at radius 3 is 2.67 bits per heavy atom. The SMILES string of the molecule is CC(c1ccccc1)n1ccc(C#N)c1NC=O. The van der Waals surface area contributed by atoms with Crippen molar-refractivity contribution >= 4 is 12.2 Å². The summed E-state index contributed by atoms with van der Waals surface area (Å²) in [6.07, 6.45) is 2.40. The van der Waals surface area contributed by atoms with Gasteiger partial charge in [-0.05, 0) is 18.6 Å². The van der Waals surface area contributed by atoms with E-state index in [1.165, 1.54) is 0 Å². The van der Waals surface area contributed by atoms with Crippen LogP contribution in [0.1, 0.15) is 24.1 Å². The van der Waals surface area contributed by atoms with Gasteiger partial charge < -0.3 is 9.88 Å². The summed E-state index contributed by atoms with van der Waals surface area (Å²) in [5.74, 6) is 0.531. The first kappa shape index (κ1) is 11.9. The van der Waals surface area contributed by atoms with Crippen LogP contribution in [0.15, 0.2) is 42.6 Å². The molecule has 18 heavy (non-hydrogen) atoms. The zero-order valence-electron chi connectivity index (χ0n) is 10.00. The van der Waals surface area contributed by atoms with Crippen LogP contribution in [0.2, 0.25) is 0 Å². The second kappa shape index (κ2) is 5.19. The molecule has 1 aromatic heterocycles. The van der Waals surface area contributed by atoms with E-state index in [1.54, 1.807) is 6.07 Å². The lowest BCUT2D eigenvalue weighted by Gasteiger charge is -2.17. The zero-order chi connectivity index (χ0) is 13.0. The molecule has 0 aliphatic heterocycles. The normalized spacial score (nSPS) is 11.6.